The lowest BCUT2D eigenvalue weighted by Gasteiger charge is -2.42. The van der Waals surface area contributed by atoms with E-state index in [4.69, 9.17) is 28.4 Å². The molecule has 1 aliphatic carbocycles. The molecule has 15 nitrogen and oxygen atoms in total. The standard InChI is InChI=1S/C53H83NO14/c1-32-16-12-11-13-17-33(2)44(63-8)30-40-21-19-38(7)53(62,68-40)50(59)51(60)54-23-15-14-18-41(54)52(61)67-45(35(4)28-39-20-22-43(66-25-24-55)46(29-39)64-9)31-42(56)34(3)27-37(6)48(58)49(65-10)47(57)36(5)26-32/h11-13,16-17,27,32,34-36,38-41,43-46,48-49,55,58,62H,14-15,18-26,28-31H2,1-10H3/b13-11+,16-12-,33-17+,37-27+. The quantitative estimate of drug-likeness (QED) is 0.134. The number of piperidine rings is 1. The van der Waals surface area contributed by atoms with Crippen molar-refractivity contribution in [2.75, 3.05) is 41.1 Å². The summed E-state index contributed by atoms with van der Waals surface area (Å²) in [6, 6.07) is -1.14. The summed E-state index contributed by atoms with van der Waals surface area (Å²) in [5, 5.41) is 32.8. The lowest BCUT2D eigenvalue weighted by Crippen LogP contribution is -2.61. The molecule has 3 N–H and O–H groups in total. The van der Waals surface area contributed by atoms with Crippen LogP contribution in [0.4, 0.5) is 0 Å². The van der Waals surface area contributed by atoms with Crippen molar-refractivity contribution < 1.29 is 67.7 Å². The Morgan fingerprint density at radius 3 is 2.26 bits per heavy atom. The van der Waals surface area contributed by atoms with E-state index in [-0.39, 0.29) is 74.1 Å². The number of hydrogen-bond donors (Lipinski definition) is 3. The molecular weight excluding hydrogens is 875 g/mol. The van der Waals surface area contributed by atoms with Gasteiger partial charge in [-0.25, -0.2) is 4.79 Å². The monoisotopic (exact) mass is 958 g/mol. The summed E-state index contributed by atoms with van der Waals surface area (Å²) in [7, 11) is 4.58. The minimum absolute atomic E-state index is 0.0158. The molecule has 4 rings (SSSR count). The predicted molar refractivity (Wildman–Crippen MR) is 256 cm³/mol. The normalized spacial score (nSPS) is 39.2. The fraction of sp³-hybridized carbons (Fsp3) is 0.755. The average Bonchev–Trinajstić information content (AvgIpc) is 3.32. The maximum atomic E-state index is 14.5. The van der Waals surface area contributed by atoms with Crippen LogP contribution in [0.15, 0.2) is 47.6 Å². The number of hydrogen-bond acceptors (Lipinski definition) is 14. The predicted octanol–water partition coefficient (Wildman–Crippen LogP) is 6.20. The number of methoxy groups -OCH3 is 3. The second-order valence-corrected chi connectivity index (χ2v) is 20.2. The van der Waals surface area contributed by atoms with Gasteiger partial charge in [0.25, 0.3) is 11.7 Å². The average molecular weight is 958 g/mol. The van der Waals surface area contributed by atoms with Gasteiger partial charge in [0.05, 0.1) is 37.6 Å². The van der Waals surface area contributed by atoms with E-state index in [0.29, 0.717) is 63.4 Å². The minimum atomic E-state index is -2.43. The zero-order valence-corrected chi connectivity index (χ0v) is 42.4. The summed E-state index contributed by atoms with van der Waals surface area (Å²) in [5.74, 6) is -7.96. The van der Waals surface area contributed by atoms with Crippen molar-refractivity contribution in [1.29, 1.82) is 0 Å². The second-order valence-electron chi connectivity index (χ2n) is 20.2. The van der Waals surface area contributed by atoms with Crippen LogP contribution < -0.4 is 0 Å². The van der Waals surface area contributed by atoms with Gasteiger partial charge in [-0.1, -0.05) is 71.1 Å². The first-order valence-electron chi connectivity index (χ1n) is 25.0. The highest BCUT2D eigenvalue weighted by Crippen LogP contribution is 2.38. The molecule has 0 aromatic carbocycles. The number of amides is 1. The minimum Gasteiger partial charge on any atom is -0.460 e. The highest BCUT2D eigenvalue weighted by molar-refractivity contribution is 6.39. The number of cyclic esters (lactones) is 1. The van der Waals surface area contributed by atoms with E-state index >= 15 is 0 Å². The van der Waals surface area contributed by atoms with Crippen LogP contribution in [0.1, 0.15) is 126 Å². The number of ketones is 3. The Bertz CT molecular complexity index is 1810. The fourth-order valence-electron chi connectivity index (χ4n) is 10.5. The van der Waals surface area contributed by atoms with Gasteiger partial charge in [-0.3, -0.25) is 19.2 Å². The lowest BCUT2D eigenvalue weighted by atomic mass is 9.78. The van der Waals surface area contributed by atoms with E-state index in [9.17, 15) is 39.3 Å². The number of ether oxygens (including phenoxy) is 6. The summed E-state index contributed by atoms with van der Waals surface area (Å²) < 4.78 is 35.6. The first-order valence-corrected chi connectivity index (χ1v) is 25.0. The van der Waals surface area contributed by atoms with Gasteiger partial charge < -0.3 is 48.6 Å². The van der Waals surface area contributed by atoms with Crippen molar-refractivity contribution in [3.8, 4) is 0 Å². The molecule has 1 saturated carbocycles. The lowest BCUT2D eigenvalue weighted by molar-refractivity contribution is -0.265. The molecule has 0 radical (unpaired) electrons. The fourth-order valence-corrected chi connectivity index (χ4v) is 10.5. The van der Waals surface area contributed by atoms with E-state index in [0.717, 1.165) is 12.0 Å². The van der Waals surface area contributed by atoms with Crippen molar-refractivity contribution in [2.45, 2.75) is 180 Å². The van der Waals surface area contributed by atoms with E-state index in [1.165, 1.54) is 12.0 Å². The first-order chi connectivity index (χ1) is 32.3. The van der Waals surface area contributed by atoms with Gasteiger partial charge >= 0.3 is 5.97 Å². The van der Waals surface area contributed by atoms with Crippen LogP contribution in [-0.2, 0) is 52.4 Å². The van der Waals surface area contributed by atoms with Gasteiger partial charge in [0.2, 0.25) is 5.79 Å². The zero-order valence-electron chi connectivity index (χ0n) is 42.4. The number of nitrogens with zero attached hydrogens (tertiary/aromatic N) is 1. The van der Waals surface area contributed by atoms with Crippen molar-refractivity contribution in [1.82, 2.24) is 4.90 Å². The molecule has 3 heterocycles. The maximum absolute atomic E-state index is 14.5. The molecule has 68 heavy (non-hydrogen) atoms. The molecule has 2 bridgehead atoms. The number of esters is 1. The van der Waals surface area contributed by atoms with Crippen LogP contribution in [0.2, 0.25) is 0 Å². The van der Waals surface area contributed by atoms with Gasteiger partial charge in [-0.05, 0) is 107 Å². The number of aliphatic hydroxyl groups excluding tert-OH is 2. The van der Waals surface area contributed by atoms with Crippen molar-refractivity contribution >= 4 is 29.2 Å². The molecule has 0 aromatic rings. The molecular formula is C53H83NO14. The van der Waals surface area contributed by atoms with Crippen LogP contribution in [0.5, 0.6) is 0 Å². The van der Waals surface area contributed by atoms with Crippen LogP contribution in [-0.4, -0.2) is 145 Å². The van der Waals surface area contributed by atoms with Crippen LogP contribution in [0.25, 0.3) is 0 Å². The molecule has 384 valence electrons. The van der Waals surface area contributed by atoms with Gasteiger partial charge in [-0.2, -0.15) is 0 Å². The van der Waals surface area contributed by atoms with E-state index in [2.05, 4.69) is 0 Å². The molecule has 3 aliphatic heterocycles. The number of Topliss-reactive ketones (excluding diaryl/α,β-unsaturated/α-hetero) is 3. The molecule has 0 aromatic heterocycles. The van der Waals surface area contributed by atoms with E-state index < -0.39 is 77.8 Å². The number of allylic oxidation sites excluding steroid dienone is 6. The summed E-state index contributed by atoms with van der Waals surface area (Å²) in [5.41, 5.74) is 1.26. The van der Waals surface area contributed by atoms with Crippen molar-refractivity contribution in [3.05, 3.63) is 47.6 Å². The first kappa shape index (κ1) is 57.2. The van der Waals surface area contributed by atoms with Crippen molar-refractivity contribution in [3.63, 3.8) is 0 Å². The molecule has 4 aliphatic rings. The zero-order chi connectivity index (χ0) is 50.3. The molecule has 3 fully saturated rings. The summed E-state index contributed by atoms with van der Waals surface area (Å²) >= 11 is 0. The molecule has 15 heteroatoms. The van der Waals surface area contributed by atoms with Gasteiger partial charge in [0.1, 0.15) is 30.1 Å². The number of carbonyl (C=O) groups is 5. The van der Waals surface area contributed by atoms with Gasteiger partial charge in [-0.15, -0.1) is 0 Å². The SMILES string of the molecule is COC1CC2CCC(C)C(O)(O2)C(=O)C(=O)N2CCCCC2C(=O)OC(C(C)CC2CCC(OCCO)C(OC)C2)CC(=O)C(C)/C=C(\C)C(O)C(OC)C(=O)C(C)CC(C)\C=C/C=C/C=C/1C. The van der Waals surface area contributed by atoms with Crippen LogP contribution >= 0.6 is 0 Å². The Hall–Kier alpha value is -3.41. The highest BCUT2D eigenvalue weighted by Gasteiger charge is 2.53. The third-order valence-corrected chi connectivity index (χ3v) is 14.9. The number of rotatable bonds is 9. The Labute approximate surface area is 405 Å². The van der Waals surface area contributed by atoms with E-state index in [1.54, 1.807) is 41.1 Å². The third-order valence-electron chi connectivity index (χ3n) is 14.9. The maximum Gasteiger partial charge on any atom is 0.329 e. The molecule has 0 spiro atoms. The Morgan fingerprint density at radius 2 is 1.59 bits per heavy atom. The summed E-state index contributed by atoms with van der Waals surface area (Å²) in [6.45, 7) is 12.9. The van der Waals surface area contributed by atoms with Crippen LogP contribution in [0, 0.1) is 35.5 Å². The molecule has 2 saturated heterocycles. The number of carbonyl (C=O) groups excluding carboxylic acids is 5. The summed E-state index contributed by atoms with van der Waals surface area (Å²) in [4.78, 5) is 72.1. The second kappa shape index (κ2) is 27.3. The number of aliphatic hydroxyl groups is 3. The third kappa shape index (κ3) is 15.3. The van der Waals surface area contributed by atoms with Gasteiger partial charge in [0.15, 0.2) is 5.78 Å². The highest BCUT2D eigenvalue weighted by atomic mass is 16.6. The molecule has 15 atom stereocenters. The van der Waals surface area contributed by atoms with E-state index in [1.807, 2.05) is 58.1 Å². The van der Waals surface area contributed by atoms with Gasteiger partial charge in [0, 0.05) is 58.5 Å². The summed E-state index contributed by atoms with van der Waals surface area (Å²) in [6.07, 6.45) is 12.0. The smallest absolute Gasteiger partial charge is 0.329 e. The van der Waals surface area contributed by atoms with Crippen LogP contribution in [0.3, 0.4) is 0 Å². The topological polar surface area (TPSA) is 205 Å². The number of fused-ring (bicyclic) bond motifs is 3. The van der Waals surface area contributed by atoms with Crippen molar-refractivity contribution in [2.24, 2.45) is 35.5 Å². The Morgan fingerprint density at radius 1 is 0.853 bits per heavy atom. The molecule has 1 amide bonds. The Balaban J connectivity index is 1.70. The Kier molecular flexibility index (Phi) is 22.9. The molecule has 15 unspecified atom stereocenters. The largest absolute Gasteiger partial charge is 0.460 e.